The van der Waals surface area contributed by atoms with Gasteiger partial charge in [-0.15, -0.1) is 0 Å². The largest absolute Gasteiger partial charge is 0.451 e. The zero-order valence-electron chi connectivity index (χ0n) is 9.97. The molecule has 1 aromatic carbocycles. The molecule has 0 radical (unpaired) electrons. The topological polar surface area (TPSA) is 51.8 Å². The lowest BCUT2D eigenvalue weighted by molar-refractivity contribution is -0.129. The molecule has 0 atom stereocenters. The van der Waals surface area contributed by atoms with Crippen LogP contribution in [0.1, 0.15) is 11.3 Å². The molecule has 4 nitrogen and oxygen atoms in total. The molecule has 1 aliphatic rings. The number of hydrogen-bond acceptors (Lipinski definition) is 4. The van der Waals surface area contributed by atoms with E-state index in [-0.39, 0.29) is 11.6 Å². The molecule has 0 fully saturated rings. The summed E-state index contributed by atoms with van der Waals surface area (Å²) < 4.78 is 11.2. The first-order valence-electron chi connectivity index (χ1n) is 5.66. The summed E-state index contributed by atoms with van der Waals surface area (Å²) in [5, 5.41) is 0.611. The fourth-order valence-electron chi connectivity index (χ4n) is 1.67. The molecule has 0 saturated carbocycles. The number of cyclic esters (lactones) is 1. The minimum Gasteiger partial charge on any atom is -0.451 e. The number of aliphatic imine (C=N–C) groups is 1. The van der Waals surface area contributed by atoms with E-state index in [0.29, 0.717) is 16.3 Å². The smallest absolute Gasteiger partial charge is 0.363 e. The second-order valence-electron chi connectivity index (χ2n) is 3.98. The third kappa shape index (κ3) is 2.78. The normalized spacial score (nSPS) is 16.4. The van der Waals surface area contributed by atoms with Gasteiger partial charge in [0.05, 0.1) is 0 Å². The van der Waals surface area contributed by atoms with Crippen LogP contribution in [0.3, 0.4) is 0 Å². The third-order valence-electron chi connectivity index (χ3n) is 2.58. The standard InChI is InChI=1S/C14H7ClINO3/c15-9-3-1-8(2-4-9)13-17-11(14(18)20-13)7-10-5-6-12(16)19-10/h1-7H. The van der Waals surface area contributed by atoms with Crippen molar-refractivity contribution >= 4 is 52.1 Å². The van der Waals surface area contributed by atoms with Gasteiger partial charge in [-0.3, -0.25) is 0 Å². The van der Waals surface area contributed by atoms with E-state index < -0.39 is 5.97 Å². The van der Waals surface area contributed by atoms with Crippen molar-refractivity contribution in [1.29, 1.82) is 0 Å². The van der Waals surface area contributed by atoms with Gasteiger partial charge in [0.2, 0.25) is 5.90 Å². The maximum Gasteiger partial charge on any atom is 0.363 e. The first kappa shape index (κ1) is 13.4. The van der Waals surface area contributed by atoms with E-state index in [4.69, 9.17) is 20.8 Å². The lowest BCUT2D eigenvalue weighted by Gasteiger charge is -1.98. The van der Waals surface area contributed by atoms with Crippen molar-refractivity contribution in [2.75, 3.05) is 0 Å². The van der Waals surface area contributed by atoms with Crippen molar-refractivity contribution in [3.05, 3.63) is 62.2 Å². The average Bonchev–Trinajstić information content (AvgIpc) is 2.98. The monoisotopic (exact) mass is 399 g/mol. The van der Waals surface area contributed by atoms with Gasteiger partial charge in [0, 0.05) is 16.7 Å². The fourth-order valence-corrected chi connectivity index (χ4v) is 2.23. The number of esters is 1. The summed E-state index contributed by atoms with van der Waals surface area (Å²) in [5.41, 5.74) is 0.904. The highest BCUT2D eigenvalue weighted by molar-refractivity contribution is 14.1. The number of carbonyl (C=O) groups excluding carboxylic acids is 1. The predicted molar refractivity (Wildman–Crippen MR) is 83.5 cm³/mol. The number of ether oxygens (including phenoxy) is 1. The van der Waals surface area contributed by atoms with Crippen molar-refractivity contribution in [3.8, 4) is 0 Å². The summed E-state index contributed by atoms with van der Waals surface area (Å²) >= 11 is 7.86. The number of carbonyl (C=O) groups is 1. The summed E-state index contributed by atoms with van der Waals surface area (Å²) in [4.78, 5) is 15.9. The maximum atomic E-state index is 11.8. The predicted octanol–water partition coefficient (Wildman–Crippen LogP) is 3.88. The van der Waals surface area contributed by atoms with E-state index in [1.807, 2.05) is 22.6 Å². The van der Waals surface area contributed by atoms with Gasteiger partial charge in [0.15, 0.2) is 9.46 Å². The van der Waals surface area contributed by atoms with Crippen molar-refractivity contribution in [2.45, 2.75) is 0 Å². The second-order valence-corrected chi connectivity index (χ2v) is 5.48. The molecule has 0 aliphatic carbocycles. The van der Waals surface area contributed by atoms with Crippen molar-refractivity contribution < 1.29 is 13.9 Å². The molecule has 0 spiro atoms. The molecule has 0 N–H and O–H groups in total. The maximum absolute atomic E-state index is 11.8. The van der Waals surface area contributed by atoms with Gasteiger partial charge in [-0.2, -0.15) is 0 Å². The van der Waals surface area contributed by atoms with E-state index in [9.17, 15) is 4.79 Å². The van der Waals surface area contributed by atoms with Crippen LogP contribution in [-0.2, 0) is 9.53 Å². The third-order valence-corrected chi connectivity index (χ3v) is 3.42. The summed E-state index contributed by atoms with van der Waals surface area (Å²) in [6.07, 6.45) is 1.55. The Morgan fingerprint density at radius 2 is 1.90 bits per heavy atom. The number of halogens is 2. The van der Waals surface area contributed by atoms with E-state index in [2.05, 4.69) is 4.99 Å². The molecule has 0 bridgehead atoms. The SMILES string of the molecule is O=C1OC(c2ccc(Cl)cc2)=NC1=Cc1ccc(I)o1. The summed E-state index contributed by atoms with van der Waals surface area (Å²) in [6.45, 7) is 0. The highest BCUT2D eigenvalue weighted by Crippen LogP contribution is 2.21. The van der Waals surface area contributed by atoms with Gasteiger partial charge in [-0.1, -0.05) is 11.6 Å². The molecule has 1 aromatic heterocycles. The lowest BCUT2D eigenvalue weighted by Crippen LogP contribution is -2.05. The second kappa shape index (κ2) is 5.41. The molecule has 2 heterocycles. The first-order chi connectivity index (χ1) is 9.61. The molecule has 100 valence electrons. The minimum atomic E-state index is -0.499. The van der Waals surface area contributed by atoms with Gasteiger partial charge < -0.3 is 9.15 Å². The van der Waals surface area contributed by atoms with Crippen LogP contribution in [0.5, 0.6) is 0 Å². The van der Waals surface area contributed by atoms with Crippen LogP contribution in [0.2, 0.25) is 5.02 Å². The van der Waals surface area contributed by atoms with Crippen LogP contribution in [0.15, 0.2) is 51.5 Å². The van der Waals surface area contributed by atoms with Crippen molar-refractivity contribution in [1.82, 2.24) is 0 Å². The summed E-state index contributed by atoms with van der Waals surface area (Å²) in [5.74, 6) is 0.322. The Labute approximate surface area is 133 Å². The Morgan fingerprint density at radius 3 is 2.55 bits per heavy atom. The van der Waals surface area contributed by atoms with Gasteiger partial charge in [-0.25, -0.2) is 9.79 Å². The van der Waals surface area contributed by atoms with E-state index in [0.717, 1.165) is 3.77 Å². The van der Waals surface area contributed by atoms with Crippen LogP contribution in [0.4, 0.5) is 0 Å². The number of rotatable bonds is 2. The Kier molecular flexibility index (Phi) is 3.62. The fraction of sp³-hybridized carbons (Fsp3) is 0. The van der Waals surface area contributed by atoms with Crippen molar-refractivity contribution in [2.24, 2.45) is 4.99 Å². The molecule has 20 heavy (non-hydrogen) atoms. The van der Waals surface area contributed by atoms with Gasteiger partial charge >= 0.3 is 5.97 Å². The number of furan rings is 1. The first-order valence-corrected chi connectivity index (χ1v) is 7.11. The summed E-state index contributed by atoms with van der Waals surface area (Å²) in [7, 11) is 0. The Balaban J connectivity index is 1.92. The Bertz CT molecular complexity index is 731. The van der Waals surface area contributed by atoms with Gasteiger partial charge in [-0.05, 0) is 59.0 Å². The molecule has 6 heteroatoms. The number of benzene rings is 1. The van der Waals surface area contributed by atoms with E-state index >= 15 is 0 Å². The van der Waals surface area contributed by atoms with Crippen LogP contribution < -0.4 is 0 Å². The van der Waals surface area contributed by atoms with Gasteiger partial charge in [0.25, 0.3) is 0 Å². The van der Waals surface area contributed by atoms with Crippen LogP contribution in [0.25, 0.3) is 6.08 Å². The summed E-state index contributed by atoms with van der Waals surface area (Å²) in [6, 6.07) is 10.5. The molecule has 0 amide bonds. The van der Waals surface area contributed by atoms with E-state index in [1.165, 1.54) is 0 Å². The zero-order chi connectivity index (χ0) is 14.1. The lowest BCUT2D eigenvalue weighted by atomic mass is 10.2. The molecule has 0 unspecified atom stereocenters. The van der Waals surface area contributed by atoms with Crippen LogP contribution in [-0.4, -0.2) is 11.9 Å². The van der Waals surface area contributed by atoms with Crippen LogP contribution >= 0.6 is 34.2 Å². The zero-order valence-corrected chi connectivity index (χ0v) is 12.9. The highest BCUT2D eigenvalue weighted by atomic mass is 127. The van der Waals surface area contributed by atoms with Gasteiger partial charge in [0.1, 0.15) is 5.76 Å². The molecular formula is C14H7ClINO3. The molecule has 3 rings (SSSR count). The Hall–Kier alpha value is -1.60. The molecule has 1 aliphatic heterocycles. The van der Waals surface area contributed by atoms with E-state index in [1.54, 1.807) is 42.5 Å². The number of nitrogens with zero attached hydrogens (tertiary/aromatic N) is 1. The highest BCUT2D eigenvalue weighted by Gasteiger charge is 2.24. The minimum absolute atomic E-state index is 0.209. The van der Waals surface area contributed by atoms with Crippen LogP contribution in [0, 0.1) is 3.77 Å². The number of hydrogen-bond donors (Lipinski definition) is 0. The Morgan fingerprint density at radius 1 is 1.15 bits per heavy atom. The molecule has 2 aromatic rings. The average molecular weight is 400 g/mol. The molecule has 0 saturated heterocycles. The quantitative estimate of drug-likeness (QED) is 0.437. The molecular weight excluding hydrogens is 393 g/mol. The van der Waals surface area contributed by atoms with Crippen molar-refractivity contribution in [3.63, 3.8) is 0 Å².